The summed E-state index contributed by atoms with van der Waals surface area (Å²) in [4.78, 5) is 37.1. The lowest BCUT2D eigenvalue weighted by molar-refractivity contribution is -0.143. The van der Waals surface area contributed by atoms with E-state index in [1.165, 1.54) is 11.8 Å². The Labute approximate surface area is 204 Å². The van der Waals surface area contributed by atoms with Crippen LogP contribution in [-0.2, 0) is 14.3 Å². The first-order valence-corrected chi connectivity index (χ1v) is 12.4. The van der Waals surface area contributed by atoms with Gasteiger partial charge in [0.1, 0.15) is 0 Å². The lowest BCUT2D eigenvalue weighted by Crippen LogP contribution is -2.47. The molecule has 1 fully saturated rings. The minimum absolute atomic E-state index is 0.0756. The van der Waals surface area contributed by atoms with Crippen LogP contribution < -0.4 is 0 Å². The molecule has 3 aliphatic heterocycles. The highest BCUT2D eigenvalue weighted by Crippen LogP contribution is 2.46. The molecule has 0 aliphatic carbocycles. The van der Waals surface area contributed by atoms with Gasteiger partial charge in [-0.15, -0.1) is 0 Å². The number of rotatable bonds is 5. The SMILES string of the molecule is CC1=C(C(=O)OC(C)C)[C@H](c2ccccc2Cl)N2C(CC(=O)N3CCN(C)CC3)=CSC2=N1. The molecule has 1 saturated heterocycles. The smallest absolute Gasteiger partial charge is 0.338 e. The monoisotopic (exact) mass is 488 g/mol. The highest BCUT2D eigenvalue weighted by Gasteiger charge is 2.42. The van der Waals surface area contributed by atoms with E-state index in [4.69, 9.17) is 21.3 Å². The van der Waals surface area contributed by atoms with E-state index in [0.717, 1.165) is 42.6 Å². The average Bonchev–Trinajstić information content (AvgIpc) is 3.15. The number of amides is 1. The van der Waals surface area contributed by atoms with E-state index in [1.54, 1.807) is 0 Å². The molecule has 3 heterocycles. The van der Waals surface area contributed by atoms with Crippen molar-refractivity contribution in [1.29, 1.82) is 0 Å². The van der Waals surface area contributed by atoms with Gasteiger partial charge in [-0.1, -0.05) is 41.6 Å². The van der Waals surface area contributed by atoms with Crippen LogP contribution in [0.4, 0.5) is 0 Å². The van der Waals surface area contributed by atoms with Crippen molar-refractivity contribution in [3.8, 4) is 0 Å². The molecule has 1 amide bonds. The third-order valence-corrected chi connectivity index (χ3v) is 7.18. The first kappa shape index (κ1) is 23.9. The molecule has 0 radical (unpaired) electrons. The Hall–Kier alpha value is -2.29. The van der Waals surface area contributed by atoms with E-state index in [-0.39, 0.29) is 18.4 Å². The van der Waals surface area contributed by atoms with Gasteiger partial charge >= 0.3 is 5.97 Å². The highest BCUT2D eigenvalue weighted by molar-refractivity contribution is 8.16. The summed E-state index contributed by atoms with van der Waals surface area (Å²) >= 11 is 8.08. The average molecular weight is 489 g/mol. The maximum absolute atomic E-state index is 13.2. The predicted octanol–water partition coefficient (Wildman–Crippen LogP) is 4.03. The standard InChI is InChI=1S/C24H29ClN4O3S/c1-15(2)32-23(31)21-16(3)26-24-29(22(21)18-7-5-6-8-19(18)25)17(14-33-24)13-20(30)28-11-9-27(4)10-12-28/h5-8,14-15,22H,9-13H2,1-4H3/t22-/m0/s1. The number of halogens is 1. The number of likely N-dealkylation sites (N-methyl/N-ethyl adjacent to an activating group) is 1. The molecule has 33 heavy (non-hydrogen) atoms. The zero-order valence-electron chi connectivity index (χ0n) is 19.4. The summed E-state index contributed by atoms with van der Waals surface area (Å²) < 4.78 is 5.58. The van der Waals surface area contributed by atoms with Gasteiger partial charge in [-0.2, -0.15) is 0 Å². The topological polar surface area (TPSA) is 65.5 Å². The molecule has 4 rings (SSSR count). The molecule has 3 aliphatic rings. The molecule has 1 aromatic rings. The van der Waals surface area contributed by atoms with Crippen LogP contribution in [0.2, 0.25) is 5.02 Å². The molecule has 0 bridgehead atoms. The van der Waals surface area contributed by atoms with E-state index in [9.17, 15) is 9.59 Å². The Morgan fingerprint density at radius 3 is 2.58 bits per heavy atom. The fourth-order valence-electron chi connectivity index (χ4n) is 4.22. The third kappa shape index (κ3) is 4.98. The van der Waals surface area contributed by atoms with Crippen LogP contribution in [-0.4, -0.2) is 71.1 Å². The second-order valence-electron chi connectivity index (χ2n) is 8.73. The lowest BCUT2D eigenvalue weighted by Gasteiger charge is -2.38. The van der Waals surface area contributed by atoms with Crippen molar-refractivity contribution in [2.45, 2.75) is 39.3 Å². The summed E-state index contributed by atoms with van der Waals surface area (Å²) in [5, 5.41) is 3.24. The minimum atomic E-state index is -0.515. The molecule has 0 unspecified atom stereocenters. The first-order valence-electron chi connectivity index (χ1n) is 11.1. The predicted molar refractivity (Wildman–Crippen MR) is 132 cm³/mol. The zero-order valence-corrected chi connectivity index (χ0v) is 20.9. The Balaban J connectivity index is 1.68. The molecule has 1 aromatic carbocycles. The number of aliphatic imine (C=N–C) groups is 1. The van der Waals surface area contributed by atoms with Crippen LogP contribution in [0.1, 0.15) is 38.8 Å². The minimum Gasteiger partial charge on any atom is -0.459 e. The molecule has 0 aromatic heterocycles. The first-order chi connectivity index (χ1) is 15.8. The van der Waals surface area contributed by atoms with Crippen molar-refractivity contribution in [2.24, 2.45) is 4.99 Å². The number of amidine groups is 1. The van der Waals surface area contributed by atoms with Crippen molar-refractivity contribution in [3.63, 3.8) is 0 Å². The summed E-state index contributed by atoms with van der Waals surface area (Å²) in [6, 6.07) is 6.97. The van der Waals surface area contributed by atoms with E-state index >= 15 is 0 Å². The molecule has 176 valence electrons. The van der Waals surface area contributed by atoms with E-state index in [1.807, 2.05) is 60.2 Å². The number of hydrogen-bond donors (Lipinski definition) is 0. The Morgan fingerprint density at radius 2 is 1.91 bits per heavy atom. The van der Waals surface area contributed by atoms with Crippen molar-refractivity contribution in [1.82, 2.24) is 14.7 Å². The van der Waals surface area contributed by atoms with Crippen LogP contribution >= 0.6 is 23.4 Å². The van der Waals surface area contributed by atoms with E-state index in [0.29, 0.717) is 16.3 Å². The number of carbonyl (C=O) groups excluding carboxylic acids is 2. The maximum Gasteiger partial charge on any atom is 0.338 e. The number of carbonyl (C=O) groups is 2. The second-order valence-corrected chi connectivity index (χ2v) is 9.97. The normalized spacial score (nSPS) is 21.2. The Kier molecular flexibility index (Phi) is 7.16. The third-order valence-electron chi connectivity index (χ3n) is 5.95. The quantitative estimate of drug-likeness (QED) is 0.583. The number of hydrogen-bond acceptors (Lipinski definition) is 7. The number of benzene rings is 1. The Morgan fingerprint density at radius 1 is 1.21 bits per heavy atom. The maximum atomic E-state index is 13.2. The molecule has 7 nitrogen and oxygen atoms in total. The van der Waals surface area contributed by atoms with Gasteiger partial charge in [0, 0.05) is 36.9 Å². The lowest BCUT2D eigenvalue weighted by atomic mass is 9.93. The van der Waals surface area contributed by atoms with Crippen LogP contribution in [0.3, 0.4) is 0 Å². The number of thioether (sulfide) groups is 1. The van der Waals surface area contributed by atoms with Crippen molar-refractivity contribution in [3.05, 3.63) is 57.2 Å². The van der Waals surface area contributed by atoms with Crippen LogP contribution in [0.25, 0.3) is 0 Å². The van der Waals surface area contributed by atoms with Gasteiger partial charge < -0.3 is 19.4 Å². The van der Waals surface area contributed by atoms with Crippen molar-refractivity contribution in [2.75, 3.05) is 33.2 Å². The van der Waals surface area contributed by atoms with Crippen LogP contribution in [0.5, 0.6) is 0 Å². The summed E-state index contributed by atoms with van der Waals surface area (Å²) in [5.74, 6) is -0.344. The van der Waals surface area contributed by atoms with Crippen LogP contribution in [0, 0.1) is 0 Å². The molecule has 0 saturated carbocycles. The second kappa shape index (κ2) is 9.91. The van der Waals surface area contributed by atoms with Gasteiger partial charge in [0.15, 0.2) is 5.17 Å². The molecular weight excluding hydrogens is 460 g/mol. The van der Waals surface area contributed by atoms with E-state index < -0.39 is 12.0 Å². The van der Waals surface area contributed by atoms with Gasteiger partial charge in [0.25, 0.3) is 0 Å². The van der Waals surface area contributed by atoms with Gasteiger partial charge in [-0.05, 0) is 44.9 Å². The molecule has 1 atom stereocenters. The molecule has 9 heteroatoms. The van der Waals surface area contributed by atoms with Gasteiger partial charge in [0.05, 0.1) is 29.8 Å². The highest BCUT2D eigenvalue weighted by atomic mass is 35.5. The number of fused-ring (bicyclic) bond motifs is 1. The zero-order chi connectivity index (χ0) is 23.7. The fourth-order valence-corrected chi connectivity index (χ4v) is 5.43. The van der Waals surface area contributed by atoms with Gasteiger partial charge in [-0.25, -0.2) is 9.79 Å². The number of piperazine rings is 1. The van der Waals surface area contributed by atoms with Gasteiger partial charge in [-0.3, -0.25) is 4.79 Å². The van der Waals surface area contributed by atoms with Gasteiger partial charge in [0.2, 0.25) is 5.91 Å². The Bertz CT molecular complexity index is 1040. The van der Waals surface area contributed by atoms with E-state index in [2.05, 4.69) is 11.9 Å². The van der Waals surface area contributed by atoms with Crippen LogP contribution in [0.15, 0.2) is 51.6 Å². The summed E-state index contributed by atoms with van der Waals surface area (Å²) in [7, 11) is 2.06. The fraction of sp³-hybridized carbons (Fsp3) is 0.458. The number of ether oxygens (including phenoxy) is 1. The largest absolute Gasteiger partial charge is 0.459 e. The molecule has 0 N–H and O–H groups in total. The van der Waals surface area contributed by atoms with Crippen molar-refractivity contribution < 1.29 is 14.3 Å². The number of allylic oxidation sites excluding steroid dienone is 1. The molecular formula is C24H29ClN4O3S. The molecule has 0 spiro atoms. The summed E-state index contributed by atoms with van der Waals surface area (Å²) in [6.07, 6.45) is -0.0285. The van der Waals surface area contributed by atoms with Crippen molar-refractivity contribution >= 4 is 40.4 Å². The number of nitrogens with zero attached hydrogens (tertiary/aromatic N) is 4. The summed E-state index contributed by atoms with van der Waals surface area (Å²) in [5.41, 5.74) is 2.64. The summed E-state index contributed by atoms with van der Waals surface area (Å²) in [6.45, 7) is 8.63. The number of esters is 1.